The molecule has 0 spiro atoms. The van der Waals surface area contributed by atoms with Crippen LogP contribution in [-0.2, 0) is 0 Å². The lowest BCUT2D eigenvalue weighted by molar-refractivity contribution is 0.460. The molecule has 0 aliphatic heterocycles. The van der Waals surface area contributed by atoms with E-state index in [0.717, 1.165) is 24.0 Å². The molecule has 0 aliphatic carbocycles. The Hall–Kier alpha value is -0.130. The maximum Gasteiger partial charge on any atom is 0.0545 e. The molecule has 0 bridgehead atoms. The topological polar surface area (TPSA) is 12.0 Å². The summed E-state index contributed by atoms with van der Waals surface area (Å²) in [6.45, 7) is 7.88. The summed E-state index contributed by atoms with van der Waals surface area (Å²) >= 11 is 1.82. The molecular formula is C12H23NS. The first-order valence-corrected chi connectivity index (χ1v) is 6.57. The Labute approximate surface area is 93.4 Å². The van der Waals surface area contributed by atoms with E-state index in [4.69, 9.17) is 6.42 Å². The van der Waals surface area contributed by atoms with Crippen LogP contribution in [0, 0.1) is 18.3 Å². The fraction of sp³-hybridized carbons (Fsp3) is 0.833. The van der Waals surface area contributed by atoms with Gasteiger partial charge < -0.3 is 5.32 Å². The van der Waals surface area contributed by atoms with Gasteiger partial charge in [0.1, 0.15) is 0 Å². The molecular weight excluding hydrogens is 190 g/mol. The Morgan fingerprint density at radius 3 is 2.57 bits per heavy atom. The van der Waals surface area contributed by atoms with Crippen molar-refractivity contribution in [1.82, 2.24) is 5.32 Å². The van der Waals surface area contributed by atoms with Crippen LogP contribution in [0.2, 0.25) is 0 Å². The summed E-state index contributed by atoms with van der Waals surface area (Å²) < 4.78 is 0. The lowest BCUT2D eigenvalue weighted by Crippen LogP contribution is -2.28. The van der Waals surface area contributed by atoms with E-state index < -0.39 is 0 Å². The van der Waals surface area contributed by atoms with Crippen molar-refractivity contribution in [3.63, 3.8) is 0 Å². The number of terminal acetylenes is 1. The Balaban J connectivity index is 3.19. The molecule has 0 heterocycles. The van der Waals surface area contributed by atoms with Crippen LogP contribution in [0.15, 0.2) is 0 Å². The number of thioether (sulfide) groups is 1. The molecule has 1 atom stereocenters. The van der Waals surface area contributed by atoms with Gasteiger partial charge in [0.15, 0.2) is 0 Å². The van der Waals surface area contributed by atoms with Crippen molar-refractivity contribution in [3.05, 3.63) is 0 Å². The van der Waals surface area contributed by atoms with Gasteiger partial charge in [-0.25, -0.2) is 0 Å². The van der Waals surface area contributed by atoms with Crippen LogP contribution < -0.4 is 5.32 Å². The van der Waals surface area contributed by atoms with Crippen LogP contribution >= 0.6 is 11.8 Å². The fourth-order valence-corrected chi connectivity index (χ4v) is 1.72. The lowest BCUT2D eigenvalue weighted by Gasteiger charge is -2.14. The van der Waals surface area contributed by atoms with Crippen molar-refractivity contribution in [3.8, 4) is 12.3 Å². The Morgan fingerprint density at radius 2 is 2.00 bits per heavy atom. The molecule has 0 rings (SSSR count). The zero-order valence-electron chi connectivity index (χ0n) is 9.68. The van der Waals surface area contributed by atoms with Gasteiger partial charge in [-0.05, 0) is 25.7 Å². The average Bonchev–Trinajstić information content (AvgIpc) is 2.14. The monoisotopic (exact) mass is 213 g/mol. The predicted octanol–water partition coefficient (Wildman–Crippen LogP) is 2.77. The molecule has 0 saturated carbocycles. The summed E-state index contributed by atoms with van der Waals surface area (Å²) in [4.78, 5) is 0. The lowest BCUT2D eigenvalue weighted by atomic mass is 10.0. The maximum atomic E-state index is 5.16. The van der Waals surface area contributed by atoms with Crippen LogP contribution in [0.25, 0.3) is 0 Å². The molecule has 0 radical (unpaired) electrons. The first-order chi connectivity index (χ1) is 6.66. The third-order valence-electron chi connectivity index (χ3n) is 2.10. The van der Waals surface area contributed by atoms with E-state index in [1.54, 1.807) is 0 Å². The first kappa shape index (κ1) is 13.9. The molecule has 0 aromatic heterocycles. The van der Waals surface area contributed by atoms with E-state index in [-0.39, 0.29) is 0 Å². The summed E-state index contributed by atoms with van der Waals surface area (Å²) in [6, 6.07) is 0.642. The van der Waals surface area contributed by atoms with Crippen molar-refractivity contribution in [2.45, 2.75) is 39.7 Å². The first-order valence-electron chi connectivity index (χ1n) is 5.41. The van der Waals surface area contributed by atoms with Crippen LogP contribution in [0.1, 0.15) is 33.6 Å². The standard InChI is InChI=1S/C12H23NS/c1-5-9-14-10-8-13-12(4)7-6-11(2)3/h1,11-13H,6-10H2,2-4H3. The number of nitrogens with one attached hydrogen (secondary N) is 1. The normalized spacial score (nSPS) is 12.8. The van der Waals surface area contributed by atoms with E-state index in [2.05, 4.69) is 32.0 Å². The molecule has 1 nitrogen and oxygen atoms in total. The largest absolute Gasteiger partial charge is 0.313 e. The van der Waals surface area contributed by atoms with Crippen LogP contribution in [0.3, 0.4) is 0 Å². The van der Waals surface area contributed by atoms with Gasteiger partial charge in [0.05, 0.1) is 5.75 Å². The zero-order valence-corrected chi connectivity index (χ0v) is 10.5. The van der Waals surface area contributed by atoms with Gasteiger partial charge in [-0.15, -0.1) is 18.2 Å². The molecule has 0 aromatic rings. The molecule has 0 aliphatic rings. The Bertz CT molecular complexity index is 160. The second-order valence-electron chi connectivity index (χ2n) is 4.08. The highest BCUT2D eigenvalue weighted by Crippen LogP contribution is 2.06. The van der Waals surface area contributed by atoms with Gasteiger partial charge in [0.2, 0.25) is 0 Å². The second-order valence-corrected chi connectivity index (χ2v) is 5.19. The summed E-state index contributed by atoms with van der Waals surface area (Å²) in [7, 11) is 0. The van der Waals surface area contributed by atoms with Crippen molar-refractivity contribution in [2.24, 2.45) is 5.92 Å². The van der Waals surface area contributed by atoms with Gasteiger partial charge in [-0.3, -0.25) is 0 Å². The van der Waals surface area contributed by atoms with Crippen LogP contribution in [0.4, 0.5) is 0 Å². The number of hydrogen-bond acceptors (Lipinski definition) is 2. The second kappa shape index (κ2) is 9.43. The molecule has 82 valence electrons. The van der Waals surface area contributed by atoms with Crippen molar-refractivity contribution >= 4 is 11.8 Å². The van der Waals surface area contributed by atoms with E-state index in [1.165, 1.54) is 12.8 Å². The SMILES string of the molecule is C#CCSCCNC(C)CCC(C)C. The molecule has 0 aromatic carbocycles. The minimum atomic E-state index is 0.642. The highest BCUT2D eigenvalue weighted by molar-refractivity contribution is 7.99. The van der Waals surface area contributed by atoms with Crippen LogP contribution in [0.5, 0.6) is 0 Å². The Kier molecular flexibility index (Phi) is 9.34. The van der Waals surface area contributed by atoms with E-state index in [0.29, 0.717) is 6.04 Å². The fourth-order valence-electron chi connectivity index (χ4n) is 1.19. The molecule has 0 fully saturated rings. The van der Waals surface area contributed by atoms with Crippen LogP contribution in [-0.4, -0.2) is 24.1 Å². The average molecular weight is 213 g/mol. The molecule has 14 heavy (non-hydrogen) atoms. The summed E-state index contributed by atoms with van der Waals surface area (Å²) in [5.74, 6) is 5.40. The van der Waals surface area contributed by atoms with Gasteiger partial charge >= 0.3 is 0 Å². The third-order valence-corrected chi connectivity index (χ3v) is 2.97. The molecule has 1 N–H and O–H groups in total. The number of rotatable bonds is 8. The zero-order chi connectivity index (χ0) is 10.8. The van der Waals surface area contributed by atoms with Crippen molar-refractivity contribution < 1.29 is 0 Å². The molecule has 0 amide bonds. The summed E-state index contributed by atoms with van der Waals surface area (Å²) in [6.07, 6.45) is 7.75. The molecule has 0 saturated heterocycles. The summed E-state index contributed by atoms with van der Waals surface area (Å²) in [5, 5.41) is 3.51. The minimum Gasteiger partial charge on any atom is -0.313 e. The maximum absolute atomic E-state index is 5.16. The van der Waals surface area contributed by atoms with Gasteiger partial charge in [0, 0.05) is 18.3 Å². The van der Waals surface area contributed by atoms with Gasteiger partial charge in [0.25, 0.3) is 0 Å². The van der Waals surface area contributed by atoms with E-state index in [9.17, 15) is 0 Å². The predicted molar refractivity (Wildman–Crippen MR) is 67.7 cm³/mol. The van der Waals surface area contributed by atoms with Crippen molar-refractivity contribution in [1.29, 1.82) is 0 Å². The minimum absolute atomic E-state index is 0.642. The number of hydrogen-bond donors (Lipinski definition) is 1. The van der Waals surface area contributed by atoms with E-state index >= 15 is 0 Å². The smallest absolute Gasteiger partial charge is 0.0545 e. The molecule has 1 unspecified atom stereocenters. The highest BCUT2D eigenvalue weighted by atomic mass is 32.2. The summed E-state index contributed by atoms with van der Waals surface area (Å²) in [5.41, 5.74) is 0. The third kappa shape index (κ3) is 9.95. The van der Waals surface area contributed by atoms with Gasteiger partial charge in [-0.1, -0.05) is 19.8 Å². The highest BCUT2D eigenvalue weighted by Gasteiger charge is 2.01. The Morgan fingerprint density at radius 1 is 1.29 bits per heavy atom. The van der Waals surface area contributed by atoms with E-state index in [1.807, 2.05) is 11.8 Å². The van der Waals surface area contributed by atoms with Crippen molar-refractivity contribution in [2.75, 3.05) is 18.1 Å². The molecule has 2 heteroatoms. The van der Waals surface area contributed by atoms with Gasteiger partial charge in [-0.2, -0.15) is 0 Å². The quantitative estimate of drug-likeness (QED) is 0.491.